The maximum absolute atomic E-state index is 12.9. The van der Waals surface area contributed by atoms with Crippen LogP contribution >= 0.6 is 0 Å². The average molecular weight is 392 g/mol. The Hall–Kier alpha value is -1.99. The van der Waals surface area contributed by atoms with Crippen molar-refractivity contribution in [2.45, 2.75) is 64.0 Å². The molecule has 1 saturated heterocycles. The van der Waals surface area contributed by atoms with Gasteiger partial charge in [-0.15, -0.1) is 0 Å². The third kappa shape index (κ3) is 6.56. The van der Waals surface area contributed by atoms with Gasteiger partial charge in [0.05, 0.1) is 17.1 Å². The number of nitrogens with zero attached hydrogens (tertiary/aromatic N) is 2. The van der Waals surface area contributed by atoms with Crippen LogP contribution in [0.2, 0.25) is 0 Å². The van der Waals surface area contributed by atoms with E-state index in [1.807, 2.05) is 4.90 Å². The van der Waals surface area contributed by atoms with E-state index in [-0.39, 0.29) is 23.7 Å². The monoisotopic (exact) mass is 391 g/mol. The van der Waals surface area contributed by atoms with Crippen LogP contribution < -0.4 is 5.32 Å². The van der Waals surface area contributed by atoms with E-state index in [0.717, 1.165) is 31.4 Å². The zero-order chi connectivity index (χ0) is 20.4. The lowest BCUT2D eigenvalue weighted by Crippen LogP contribution is -2.48. The van der Waals surface area contributed by atoms with Crippen LogP contribution in [0, 0.1) is 10.1 Å². The molecule has 1 N–H and O–H groups in total. The van der Waals surface area contributed by atoms with Crippen molar-refractivity contribution in [3.63, 3.8) is 0 Å². The normalized spacial score (nSPS) is 18.1. The van der Waals surface area contributed by atoms with Gasteiger partial charge in [0, 0.05) is 45.3 Å². The SMILES string of the molecule is CCCCCCC(CCC(=O)N1CCNCC1c1ccc([N+](=O)[O-])cc1)OC. The van der Waals surface area contributed by atoms with E-state index in [1.54, 1.807) is 19.2 Å². The Morgan fingerprint density at radius 1 is 1.29 bits per heavy atom. The number of unbranched alkanes of at least 4 members (excludes halogenated alkanes) is 3. The first-order valence-corrected chi connectivity index (χ1v) is 10.3. The van der Waals surface area contributed by atoms with Gasteiger partial charge in [0.1, 0.15) is 0 Å². The van der Waals surface area contributed by atoms with Gasteiger partial charge in [-0.3, -0.25) is 14.9 Å². The number of nitro groups is 1. The second kappa shape index (κ2) is 11.8. The number of amides is 1. The van der Waals surface area contributed by atoms with Gasteiger partial charge in [0.2, 0.25) is 5.91 Å². The van der Waals surface area contributed by atoms with Crippen molar-refractivity contribution in [3.8, 4) is 0 Å². The van der Waals surface area contributed by atoms with Gasteiger partial charge in [0.15, 0.2) is 0 Å². The average Bonchev–Trinajstić information content (AvgIpc) is 2.73. The first-order chi connectivity index (χ1) is 13.6. The van der Waals surface area contributed by atoms with Gasteiger partial charge in [-0.1, -0.05) is 44.7 Å². The molecule has 2 unspecified atom stereocenters. The highest BCUT2D eigenvalue weighted by atomic mass is 16.6. The smallest absolute Gasteiger partial charge is 0.269 e. The molecule has 7 nitrogen and oxygen atoms in total. The molecule has 0 aliphatic carbocycles. The fraction of sp³-hybridized carbons (Fsp3) is 0.667. The molecule has 2 rings (SSSR count). The Morgan fingerprint density at radius 3 is 2.68 bits per heavy atom. The quantitative estimate of drug-likeness (QED) is 0.352. The molecular formula is C21H33N3O4. The molecule has 0 bridgehead atoms. The number of nitrogens with one attached hydrogen (secondary N) is 1. The zero-order valence-electron chi connectivity index (χ0n) is 17.1. The summed E-state index contributed by atoms with van der Waals surface area (Å²) in [5.74, 6) is 0.125. The third-order valence-corrected chi connectivity index (χ3v) is 5.45. The molecule has 7 heteroatoms. The van der Waals surface area contributed by atoms with Gasteiger partial charge in [-0.05, 0) is 18.4 Å². The Labute approximate surface area is 167 Å². The number of nitro benzene ring substituents is 1. The molecule has 1 aliphatic heterocycles. The molecular weight excluding hydrogens is 358 g/mol. The van der Waals surface area contributed by atoms with Crippen LogP contribution in [0.25, 0.3) is 0 Å². The summed E-state index contributed by atoms with van der Waals surface area (Å²) in [5.41, 5.74) is 0.991. The number of hydrogen-bond acceptors (Lipinski definition) is 5. The van der Waals surface area contributed by atoms with Crippen molar-refractivity contribution in [2.24, 2.45) is 0 Å². The second-order valence-corrected chi connectivity index (χ2v) is 7.40. The highest BCUT2D eigenvalue weighted by molar-refractivity contribution is 5.77. The van der Waals surface area contributed by atoms with Crippen LogP contribution in [0.1, 0.15) is 63.5 Å². The van der Waals surface area contributed by atoms with Crippen molar-refractivity contribution in [1.29, 1.82) is 0 Å². The number of methoxy groups -OCH3 is 1. The molecule has 0 saturated carbocycles. The van der Waals surface area contributed by atoms with E-state index in [4.69, 9.17) is 4.74 Å². The van der Waals surface area contributed by atoms with E-state index in [9.17, 15) is 14.9 Å². The summed E-state index contributed by atoms with van der Waals surface area (Å²) in [7, 11) is 1.72. The molecule has 1 fully saturated rings. The molecule has 1 aliphatic rings. The lowest BCUT2D eigenvalue weighted by molar-refractivity contribution is -0.384. The molecule has 1 amide bonds. The summed E-state index contributed by atoms with van der Waals surface area (Å²) < 4.78 is 5.57. The van der Waals surface area contributed by atoms with Crippen LogP contribution in [-0.2, 0) is 9.53 Å². The van der Waals surface area contributed by atoms with Crippen molar-refractivity contribution < 1.29 is 14.5 Å². The number of carbonyl (C=O) groups excluding carboxylic acids is 1. The fourth-order valence-electron chi connectivity index (χ4n) is 3.73. The summed E-state index contributed by atoms with van der Waals surface area (Å²) in [6.45, 7) is 4.27. The molecule has 2 atom stereocenters. The third-order valence-electron chi connectivity index (χ3n) is 5.45. The number of benzene rings is 1. The molecule has 1 aromatic carbocycles. The summed E-state index contributed by atoms with van der Waals surface area (Å²) >= 11 is 0. The van der Waals surface area contributed by atoms with Gasteiger partial charge in [0.25, 0.3) is 5.69 Å². The van der Waals surface area contributed by atoms with Crippen molar-refractivity contribution in [3.05, 3.63) is 39.9 Å². The van der Waals surface area contributed by atoms with Crippen LogP contribution in [0.15, 0.2) is 24.3 Å². The van der Waals surface area contributed by atoms with Crippen LogP contribution in [0.4, 0.5) is 5.69 Å². The van der Waals surface area contributed by atoms with Crippen molar-refractivity contribution >= 4 is 11.6 Å². The topological polar surface area (TPSA) is 84.7 Å². The predicted molar refractivity (Wildman–Crippen MR) is 109 cm³/mol. The Kier molecular flexibility index (Phi) is 9.37. The molecule has 0 aromatic heterocycles. The summed E-state index contributed by atoms with van der Waals surface area (Å²) in [6, 6.07) is 6.42. The number of carbonyl (C=O) groups is 1. The molecule has 0 spiro atoms. The van der Waals surface area contributed by atoms with Crippen LogP contribution in [-0.4, -0.2) is 48.6 Å². The van der Waals surface area contributed by atoms with Crippen LogP contribution in [0.5, 0.6) is 0 Å². The summed E-state index contributed by atoms with van der Waals surface area (Å²) in [4.78, 5) is 25.3. The molecule has 1 heterocycles. The van der Waals surface area contributed by atoms with Crippen LogP contribution in [0.3, 0.4) is 0 Å². The largest absolute Gasteiger partial charge is 0.381 e. The van der Waals surface area contributed by atoms with Gasteiger partial charge in [-0.25, -0.2) is 0 Å². The van der Waals surface area contributed by atoms with Crippen molar-refractivity contribution in [2.75, 3.05) is 26.7 Å². The number of ether oxygens (including phenoxy) is 1. The summed E-state index contributed by atoms with van der Waals surface area (Å²) in [6.07, 6.45) is 7.13. The molecule has 28 heavy (non-hydrogen) atoms. The maximum atomic E-state index is 12.9. The van der Waals surface area contributed by atoms with E-state index in [0.29, 0.717) is 19.5 Å². The predicted octanol–water partition coefficient (Wildman–Crippen LogP) is 3.83. The van der Waals surface area contributed by atoms with E-state index >= 15 is 0 Å². The van der Waals surface area contributed by atoms with E-state index < -0.39 is 4.92 Å². The first-order valence-electron chi connectivity index (χ1n) is 10.3. The number of piperazine rings is 1. The Morgan fingerprint density at radius 2 is 2.04 bits per heavy atom. The minimum absolute atomic E-state index is 0.0661. The zero-order valence-corrected chi connectivity index (χ0v) is 17.1. The maximum Gasteiger partial charge on any atom is 0.269 e. The highest BCUT2D eigenvalue weighted by Crippen LogP contribution is 2.25. The lowest BCUT2D eigenvalue weighted by atomic mass is 10.0. The first kappa shape index (κ1) is 22.3. The minimum Gasteiger partial charge on any atom is -0.381 e. The van der Waals surface area contributed by atoms with Crippen molar-refractivity contribution in [1.82, 2.24) is 10.2 Å². The van der Waals surface area contributed by atoms with Gasteiger partial charge >= 0.3 is 0 Å². The Bertz CT molecular complexity index is 621. The standard InChI is InChI=1S/C21H33N3O4/c1-3-4-5-6-7-19(28-2)12-13-21(25)23-15-14-22-16-20(23)17-8-10-18(11-9-17)24(26)27/h8-11,19-20,22H,3-7,12-16H2,1-2H3. The highest BCUT2D eigenvalue weighted by Gasteiger charge is 2.28. The van der Waals surface area contributed by atoms with E-state index in [1.165, 1.54) is 31.4 Å². The lowest BCUT2D eigenvalue weighted by Gasteiger charge is -2.37. The molecule has 0 radical (unpaired) electrons. The fourth-order valence-corrected chi connectivity index (χ4v) is 3.73. The second-order valence-electron chi connectivity index (χ2n) is 7.40. The number of rotatable bonds is 11. The molecule has 156 valence electrons. The minimum atomic E-state index is -0.406. The Balaban J connectivity index is 1.92. The molecule has 1 aromatic rings. The van der Waals surface area contributed by atoms with Gasteiger partial charge in [-0.2, -0.15) is 0 Å². The summed E-state index contributed by atoms with van der Waals surface area (Å²) in [5, 5.41) is 14.2. The van der Waals surface area contributed by atoms with E-state index in [2.05, 4.69) is 12.2 Å². The number of hydrogen-bond donors (Lipinski definition) is 1. The van der Waals surface area contributed by atoms with Gasteiger partial charge < -0.3 is 15.0 Å². The number of non-ortho nitro benzene ring substituents is 1.